The minimum Gasteiger partial charge on any atom is -0.477 e. The van der Waals surface area contributed by atoms with Gasteiger partial charge in [0, 0.05) is 5.69 Å². The van der Waals surface area contributed by atoms with E-state index in [9.17, 15) is 0 Å². The predicted molar refractivity (Wildman–Crippen MR) is 65.4 cm³/mol. The molecule has 82 valence electrons. The van der Waals surface area contributed by atoms with Gasteiger partial charge in [0.05, 0.1) is 12.2 Å². The SMILES string of the molecule is CCCOc1nc(C)cc(C)c1C(N)=S. The molecule has 0 fully saturated rings. The molecule has 1 aromatic rings. The van der Waals surface area contributed by atoms with Gasteiger partial charge in [-0.3, -0.25) is 0 Å². The highest BCUT2D eigenvalue weighted by atomic mass is 32.1. The lowest BCUT2D eigenvalue weighted by Gasteiger charge is -2.12. The summed E-state index contributed by atoms with van der Waals surface area (Å²) in [7, 11) is 0. The summed E-state index contributed by atoms with van der Waals surface area (Å²) >= 11 is 4.99. The molecule has 1 aromatic heterocycles. The van der Waals surface area contributed by atoms with Gasteiger partial charge >= 0.3 is 0 Å². The fourth-order valence-corrected chi connectivity index (χ4v) is 1.65. The van der Waals surface area contributed by atoms with Crippen molar-refractivity contribution in [3.8, 4) is 5.88 Å². The Labute approximate surface area is 95.7 Å². The maximum atomic E-state index is 5.65. The average molecular weight is 224 g/mol. The van der Waals surface area contributed by atoms with E-state index < -0.39 is 0 Å². The van der Waals surface area contributed by atoms with Crippen molar-refractivity contribution in [1.82, 2.24) is 4.98 Å². The summed E-state index contributed by atoms with van der Waals surface area (Å²) in [5, 5.41) is 0. The first-order valence-corrected chi connectivity index (χ1v) is 5.38. The van der Waals surface area contributed by atoms with Crippen molar-refractivity contribution in [2.24, 2.45) is 5.73 Å². The van der Waals surface area contributed by atoms with Crippen LogP contribution in [-0.4, -0.2) is 16.6 Å². The molecule has 0 aliphatic heterocycles. The predicted octanol–water partition coefficient (Wildman–Crippen LogP) is 2.12. The van der Waals surface area contributed by atoms with Crippen LogP contribution in [0.5, 0.6) is 5.88 Å². The summed E-state index contributed by atoms with van der Waals surface area (Å²) in [6.45, 7) is 6.56. The van der Waals surface area contributed by atoms with Gasteiger partial charge in [0.15, 0.2) is 0 Å². The second kappa shape index (κ2) is 5.07. The fourth-order valence-electron chi connectivity index (χ4n) is 1.41. The molecule has 0 atom stereocenters. The highest BCUT2D eigenvalue weighted by Crippen LogP contribution is 2.20. The number of hydrogen-bond donors (Lipinski definition) is 1. The highest BCUT2D eigenvalue weighted by Gasteiger charge is 2.12. The Morgan fingerprint density at radius 2 is 2.20 bits per heavy atom. The zero-order valence-electron chi connectivity index (χ0n) is 9.33. The van der Waals surface area contributed by atoms with Crippen LogP contribution in [0.25, 0.3) is 0 Å². The van der Waals surface area contributed by atoms with E-state index in [1.54, 1.807) is 0 Å². The Balaban J connectivity index is 3.14. The number of nitrogens with zero attached hydrogens (tertiary/aromatic N) is 1. The van der Waals surface area contributed by atoms with Crippen LogP contribution < -0.4 is 10.5 Å². The molecule has 0 saturated heterocycles. The van der Waals surface area contributed by atoms with Gasteiger partial charge in [-0.05, 0) is 31.9 Å². The summed E-state index contributed by atoms with van der Waals surface area (Å²) in [5.41, 5.74) is 8.33. The lowest BCUT2D eigenvalue weighted by molar-refractivity contribution is 0.304. The van der Waals surface area contributed by atoms with Gasteiger partial charge in [0.1, 0.15) is 4.99 Å². The monoisotopic (exact) mass is 224 g/mol. The van der Waals surface area contributed by atoms with Crippen molar-refractivity contribution in [2.45, 2.75) is 27.2 Å². The number of aryl methyl sites for hydroxylation is 2. The van der Waals surface area contributed by atoms with Crippen LogP contribution >= 0.6 is 12.2 Å². The van der Waals surface area contributed by atoms with Crippen LogP contribution in [0.3, 0.4) is 0 Å². The second-order valence-electron chi connectivity index (χ2n) is 3.47. The average Bonchev–Trinajstić information content (AvgIpc) is 2.12. The zero-order chi connectivity index (χ0) is 11.4. The summed E-state index contributed by atoms with van der Waals surface area (Å²) in [4.78, 5) is 4.64. The molecule has 0 aromatic carbocycles. The van der Waals surface area contributed by atoms with Gasteiger partial charge in [-0.2, -0.15) is 0 Å². The van der Waals surface area contributed by atoms with Crippen LogP contribution in [0.1, 0.15) is 30.2 Å². The van der Waals surface area contributed by atoms with Gasteiger partial charge in [0.2, 0.25) is 5.88 Å². The Hall–Kier alpha value is -1.16. The molecule has 0 radical (unpaired) electrons. The molecule has 0 bridgehead atoms. The number of thiocarbonyl (C=S) groups is 1. The molecule has 0 saturated carbocycles. The van der Waals surface area contributed by atoms with Crippen LogP contribution in [0.15, 0.2) is 6.07 Å². The molecule has 0 aliphatic carbocycles. The van der Waals surface area contributed by atoms with Gasteiger partial charge in [-0.1, -0.05) is 19.1 Å². The maximum absolute atomic E-state index is 5.65. The molecular formula is C11H16N2OS. The van der Waals surface area contributed by atoms with Crippen LogP contribution in [0.4, 0.5) is 0 Å². The Morgan fingerprint density at radius 3 is 2.73 bits per heavy atom. The Bertz CT molecular complexity index is 377. The summed E-state index contributed by atoms with van der Waals surface area (Å²) in [5.74, 6) is 0.557. The van der Waals surface area contributed by atoms with Crippen LogP contribution in [0.2, 0.25) is 0 Å². The van der Waals surface area contributed by atoms with Gasteiger partial charge in [-0.15, -0.1) is 0 Å². The Kier molecular flexibility index (Phi) is 4.03. The number of pyridine rings is 1. The third-order valence-corrected chi connectivity index (χ3v) is 2.20. The lowest BCUT2D eigenvalue weighted by atomic mass is 10.1. The molecule has 0 spiro atoms. The number of aromatic nitrogens is 1. The highest BCUT2D eigenvalue weighted by molar-refractivity contribution is 7.80. The molecule has 3 nitrogen and oxygen atoms in total. The molecule has 2 N–H and O–H groups in total. The number of nitrogens with two attached hydrogens (primary N) is 1. The number of ether oxygens (including phenoxy) is 1. The molecule has 1 heterocycles. The molecule has 0 unspecified atom stereocenters. The number of rotatable bonds is 4. The molecule has 0 amide bonds. The van der Waals surface area contributed by atoms with E-state index in [2.05, 4.69) is 4.98 Å². The van der Waals surface area contributed by atoms with E-state index in [1.165, 1.54) is 0 Å². The van der Waals surface area contributed by atoms with E-state index >= 15 is 0 Å². The molecule has 0 aliphatic rings. The Morgan fingerprint density at radius 1 is 1.53 bits per heavy atom. The third kappa shape index (κ3) is 2.89. The normalized spacial score (nSPS) is 10.1. The largest absolute Gasteiger partial charge is 0.477 e. The van der Waals surface area contributed by atoms with E-state index in [0.717, 1.165) is 23.2 Å². The van der Waals surface area contributed by atoms with Gasteiger partial charge < -0.3 is 10.5 Å². The molecular weight excluding hydrogens is 208 g/mol. The van der Waals surface area contributed by atoms with E-state index in [4.69, 9.17) is 22.7 Å². The van der Waals surface area contributed by atoms with E-state index in [-0.39, 0.29) is 0 Å². The van der Waals surface area contributed by atoms with Crippen molar-refractivity contribution in [3.63, 3.8) is 0 Å². The van der Waals surface area contributed by atoms with Crippen molar-refractivity contribution < 1.29 is 4.74 Å². The summed E-state index contributed by atoms with van der Waals surface area (Å²) < 4.78 is 5.53. The first-order chi connectivity index (χ1) is 7.06. The van der Waals surface area contributed by atoms with Crippen LogP contribution in [-0.2, 0) is 0 Å². The second-order valence-corrected chi connectivity index (χ2v) is 3.91. The van der Waals surface area contributed by atoms with Crippen molar-refractivity contribution in [1.29, 1.82) is 0 Å². The lowest BCUT2D eigenvalue weighted by Crippen LogP contribution is -2.15. The van der Waals surface area contributed by atoms with Gasteiger partial charge in [-0.25, -0.2) is 4.98 Å². The minimum atomic E-state index is 0.339. The minimum absolute atomic E-state index is 0.339. The zero-order valence-corrected chi connectivity index (χ0v) is 10.1. The molecule has 15 heavy (non-hydrogen) atoms. The van der Waals surface area contributed by atoms with Crippen LogP contribution in [0, 0.1) is 13.8 Å². The quantitative estimate of drug-likeness (QED) is 0.796. The summed E-state index contributed by atoms with van der Waals surface area (Å²) in [6, 6.07) is 1.95. The first-order valence-electron chi connectivity index (χ1n) is 4.97. The van der Waals surface area contributed by atoms with E-state index in [0.29, 0.717) is 17.5 Å². The fraction of sp³-hybridized carbons (Fsp3) is 0.455. The number of hydrogen-bond acceptors (Lipinski definition) is 3. The van der Waals surface area contributed by atoms with Crippen molar-refractivity contribution in [2.75, 3.05) is 6.61 Å². The molecule has 1 rings (SSSR count). The standard InChI is InChI=1S/C11H16N2OS/c1-4-5-14-11-9(10(12)15)7(2)6-8(3)13-11/h6H,4-5H2,1-3H3,(H2,12,15). The van der Waals surface area contributed by atoms with Gasteiger partial charge in [0.25, 0.3) is 0 Å². The maximum Gasteiger partial charge on any atom is 0.224 e. The smallest absolute Gasteiger partial charge is 0.224 e. The van der Waals surface area contributed by atoms with Crippen molar-refractivity contribution >= 4 is 17.2 Å². The van der Waals surface area contributed by atoms with Crippen molar-refractivity contribution in [3.05, 3.63) is 22.9 Å². The summed E-state index contributed by atoms with van der Waals surface area (Å²) in [6.07, 6.45) is 0.936. The third-order valence-electron chi connectivity index (χ3n) is 2.00. The van der Waals surface area contributed by atoms with E-state index in [1.807, 2.05) is 26.8 Å². The first kappa shape index (κ1) is 11.9. The topological polar surface area (TPSA) is 48.1 Å². The molecule has 4 heteroatoms.